The van der Waals surface area contributed by atoms with Gasteiger partial charge in [0.25, 0.3) is 0 Å². The summed E-state index contributed by atoms with van der Waals surface area (Å²) in [4.78, 5) is 24.7. The van der Waals surface area contributed by atoms with E-state index in [1.54, 1.807) is 0 Å². The molecule has 2 unspecified atom stereocenters. The lowest BCUT2D eigenvalue weighted by Gasteiger charge is -2.22. The third-order valence-corrected chi connectivity index (χ3v) is 18.9. The van der Waals surface area contributed by atoms with Gasteiger partial charge in [0.15, 0.2) is 0 Å². The molecular weight excluding hydrogens is 1080 g/mol. The monoisotopic (exact) mass is 1240 g/mol. The first-order chi connectivity index (χ1) is 43.5. The van der Waals surface area contributed by atoms with Gasteiger partial charge in [-0.25, -0.2) is 0 Å². The molecule has 1 amide bonds. The molecule has 520 valence electrons. The molecule has 6 nitrogen and oxygen atoms in total. The van der Waals surface area contributed by atoms with E-state index in [4.69, 9.17) is 4.74 Å². The molecule has 0 aromatic heterocycles. The van der Waals surface area contributed by atoms with Crippen molar-refractivity contribution in [3.8, 4) is 0 Å². The third-order valence-electron chi connectivity index (χ3n) is 18.9. The van der Waals surface area contributed by atoms with Gasteiger partial charge in [0, 0.05) is 12.8 Å². The van der Waals surface area contributed by atoms with Gasteiger partial charge < -0.3 is 20.3 Å². The van der Waals surface area contributed by atoms with E-state index in [9.17, 15) is 19.8 Å². The number of amides is 1. The third kappa shape index (κ3) is 73.1. The number of hydrogen-bond donors (Lipinski definition) is 3. The Morgan fingerprint density at radius 1 is 0.318 bits per heavy atom. The molecular formula is C82H157NO5. The number of carbonyl (C=O) groups is 2. The Hall–Kier alpha value is -1.92. The smallest absolute Gasteiger partial charge is 0.305 e. The molecule has 0 saturated carbocycles. The van der Waals surface area contributed by atoms with Crippen LogP contribution in [0.15, 0.2) is 36.5 Å². The Morgan fingerprint density at radius 2 is 0.568 bits per heavy atom. The molecule has 0 rings (SSSR count). The Bertz CT molecular complexity index is 1430. The Labute approximate surface area is 551 Å². The summed E-state index contributed by atoms with van der Waals surface area (Å²) in [7, 11) is 0. The van der Waals surface area contributed by atoms with Crippen LogP contribution in [0.25, 0.3) is 0 Å². The van der Waals surface area contributed by atoms with Gasteiger partial charge >= 0.3 is 5.97 Å². The predicted molar refractivity (Wildman–Crippen MR) is 389 cm³/mol. The summed E-state index contributed by atoms with van der Waals surface area (Å²) in [6.07, 6.45) is 101. The number of nitrogens with one attached hydrogen (secondary N) is 1. The largest absolute Gasteiger partial charge is 0.466 e. The van der Waals surface area contributed by atoms with Crippen molar-refractivity contribution in [2.24, 2.45) is 0 Å². The summed E-state index contributed by atoms with van der Waals surface area (Å²) in [5.41, 5.74) is 0. The molecule has 2 atom stereocenters. The van der Waals surface area contributed by atoms with Crippen LogP contribution in [0.2, 0.25) is 0 Å². The topological polar surface area (TPSA) is 95.9 Å². The maximum absolute atomic E-state index is 12.6. The lowest BCUT2D eigenvalue weighted by Crippen LogP contribution is -2.45. The number of esters is 1. The first kappa shape index (κ1) is 86.1. The first-order valence-electron chi connectivity index (χ1n) is 40.2. The Morgan fingerprint density at radius 3 is 0.875 bits per heavy atom. The van der Waals surface area contributed by atoms with Crippen molar-refractivity contribution >= 4 is 11.9 Å². The highest BCUT2D eigenvalue weighted by atomic mass is 16.5. The van der Waals surface area contributed by atoms with Gasteiger partial charge in [-0.3, -0.25) is 9.59 Å². The van der Waals surface area contributed by atoms with Crippen molar-refractivity contribution in [1.29, 1.82) is 0 Å². The molecule has 88 heavy (non-hydrogen) atoms. The van der Waals surface area contributed by atoms with E-state index >= 15 is 0 Å². The SMILES string of the molecule is CCCCCCCC/C=C\CCCCCCCC(=O)OCCCCCCCCCCC/C=C\C/C=C\CCCCCCCCCCCCCCCCCC(=O)NC(CO)C(O)CCCCCCCCCCCCCCCCCCCCCCCCCCC. The number of allylic oxidation sites excluding steroid dienone is 6. The van der Waals surface area contributed by atoms with Crippen LogP contribution in [0.3, 0.4) is 0 Å². The number of aliphatic hydroxyl groups is 2. The average Bonchev–Trinajstić information content (AvgIpc) is 3.58. The molecule has 0 aromatic carbocycles. The lowest BCUT2D eigenvalue weighted by atomic mass is 10.0. The van der Waals surface area contributed by atoms with E-state index in [1.807, 2.05) is 0 Å². The van der Waals surface area contributed by atoms with Crippen LogP contribution in [0, 0.1) is 0 Å². The van der Waals surface area contributed by atoms with Gasteiger partial charge in [-0.15, -0.1) is 0 Å². The Balaban J connectivity index is 3.39. The van der Waals surface area contributed by atoms with Crippen molar-refractivity contribution in [3.05, 3.63) is 36.5 Å². The molecule has 0 radical (unpaired) electrons. The van der Waals surface area contributed by atoms with Gasteiger partial charge in [-0.2, -0.15) is 0 Å². The number of unbranched alkanes of at least 4 members (excludes halogenated alkanes) is 59. The van der Waals surface area contributed by atoms with E-state index in [0.29, 0.717) is 25.9 Å². The second-order valence-electron chi connectivity index (χ2n) is 27.7. The zero-order valence-corrected chi connectivity index (χ0v) is 59.7. The minimum Gasteiger partial charge on any atom is -0.466 e. The molecule has 0 spiro atoms. The summed E-state index contributed by atoms with van der Waals surface area (Å²) < 4.78 is 5.49. The second-order valence-corrected chi connectivity index (χ2v) is 27.7. The quantitative estimate of drug-likeness (QED) is 0.0320. The lowest BCUT2D eigenvalue weighted by molar-refractivity contribution is -0.143. The minimum absolute atomic E-state index is 0.00608. The normalized spacial score (nSPS) is 12.6. The average molecular weight is 1240 g/mol. The summed E-state index contributed by atoms with van der Waals surface area (Å²) >= 11 is 0. The molecule has 0 fully saturated rings. The van der Waals surface area contributed by atoms with E-state index < -0.39 is 12.1 Å². The maximum Gasteiger partial charge on any atom is 0.305 e. The van der Waals surface area contributed by atoms with Crippen molar-refractivity contribution in [3.63, 3.8) is 0 Å². The zero-order chi connectivity index (χ0) is 63.5. The van der Waals surface area contributed by atoms with Crippen LogP contribution in [0.5, 0.6) is 0 Å². The van der Waals surface area contributed by atoms with Crippen molar-refractivity contribution in [2.45, 2.75) is 463 Å². The zero-order valence-electron chi connectivity index (χ0n) is 59.7. The van der Waals surface area contributed by atoms with Crippen LogP contribution in [-0.4, -0.2) is 47.4 Å². The maximum atomic E-state index is 12.6. The highest BCUT2D eigenvalue weighted by Gasteiger charge is 2.20. The van der Waals surface area contributed by atoms with Crippen molar-refractivity contribution in [1.82, 2.24) is 5.32 Å². The number of aliphatic hydroxyl groups excluding tert-OH is 2. The summed E-state index contributed by atoms with van der Waals surface area (Å²) in [6, 6.07) is -0.543. The molecule has 0 aromatic rings. The molecule has 0 aliphatic carbocycles. The van der Waals surface area contributed by atoms with Gasteiger partial charge in [0.05, 0.1) is 25.4 Å². The van der Waals surface area contributed by atoms with Crippen molar-refractivity contribution < 1.29 is 24.5 Å². The van der Waals surface area contributed by atoms with Crippen molar-refractivity contribution in [2.75, 3.05) is 13.2 Å². The fourth-order valence-electron chi connectivity index (χ4n) is 12.8. The van der Waals surface area contributed by atoms with Crippen LogP contribution >= 0.6 is 0 Å². The summed E-state index contributed by atoms with van der Waals surface area (Å²) in [6.45, 7) is 4.99. The van der Waals surface area contributed by atoms with Gasteiger partial charge in [-0.05, 0) is 83.5 Å². The Kier molecular flexibility index (Phi) is 75.8. The number of ether oxygens (including phenoxy) is 1. The van der Waals surface area contributed by atoms with Crippen LogP contribution in [-0.2, 0) is 14.3 Å². The number of hydrogen-bond acceptors (Lipinski definition) is 5. The predicted octanol–water partition coefficient (Wildman–Crippen LogP) is 26.6. The van der Waals surface area contributed by atoms with E-state index in [0.717, 1.165) is 51.4 Å². The molecule has 0 bridgehead atoms. The second kappa shape index (κ2) is 77.5. The van der Waals surface area contributed by atoms with Crippen LogP contribution in [0.4, 0.5) is 0 Å². The van der Waals surface area contributed by atoms with Gasteiger partial charge in [-0.1, -0.05) is 391 Å². The van der Waals surface area contributed by atoms with Crippen LogP contribution < -0.4 is 5.32 Å². The fraction of sp³-hybridized carbons (Fsp3) is 0.902. The standard InChI is InChI=1S/C82H157NO5/c1-3-5-7-9-11-13-15-17-19-20-21-22-23-31-34-37-40-43-47-50-54-58-62-66-70-74-80(85)79(78-84)83-81(86)75-71-67-63-59-55-51-48-44-41-38-35-32-29-27-25-24-26-28-30-33-36-39-42-45-49-53-57-61-65-69-73-77-88-82(87)76-72-68-64-60-56-52-46-18-16-14-12-10-8-6-4-2/h18,26,28,33,36,46,79-80,84-85H,3-17,19-25,27,29-32,34-35,37-45,47-78H2,1-2H3,(H,83,86)/b28-26-,36-33-,46-18-. The number of carbonyl (C=O) groups excluding carboxylic acids is 2. The number of rotatable bonds is 76. The molecule has 0 saturated heterocycles. The molecule has 0 aliphatic heterocycles. The van der Waals surface area contributed by atoms with E-state index in [-0.39, 0.29) is 18.5 Å². The highest BCUT2D eigenvalue weighted by Crippen LogP contribution is 2.20. The summed E-state index contributed by atoms with van der Waals surface area (Å²) in [5.74, 6) is -0.0228. The minimum atomic E-state index is -0.666. The summed E-state index contributed by atoms with van der Waals surface area (Å²) in [5, 5.41) is 23.5. The van der Waals surface area contributed by atoms with E-state index in [1.165, 1.54) is 366 Å². The molecule has 0 heterocycles. The van der Waals surface area contributed by atoms with Crippen LogP contribution in [0.1, 0.15) is 450 Å². The van der Waals surface area contributed by atoms with E-state index in [2.05, 4.69) is 55.6 Å². The molecule has 0 aliphatic rings. The molecule has 6 heteroatoms. The van der Waals surface area contributed by atoms with Gasteiger partial charge in [0.1, 0.15) is 0 Å². The fourth-order valence-corrected chi connectivity index (χ4v) is 12.8. The first-order valence-corrected chi connectivity index (χ1v) is 40.2. The van der Waals surface area contributed by atoms with Gasteiger partial charge in [0.2, 0.25) is 5.91 Å². The molecule has 3 N–H and O–H groups in total. The highest BCUT2D eigenvalue weighted by molar-refractivity contribution is 5.76.